The van der Waals surface area contributed by atoms with Gasteiger partial charge in [-0.3, -0.25) is 9.59 Å². The lowest BCUT2D eigenvalue weighted by Gasteiger charge is -2.19. The van der Waals surface area contributed by atoms with E-state index in [1.807, 2.05) is 6.92 Å². The summed E-state index contributed by atoms with van der Waals surface area (Å²) in [5, 5.41) is 21.5. The lowest BCUT2D eigenvalue weighted by molar-refractivity contribution is -0.134. The molecule has 2 heterocycles. The quantitative estimate of drug-likeness (QED) is 0.322. The fraction of sp³-hybridized carbons (Fsp3) is 0.357. The molecule has 0 atom stereocenters. The maximum absolute atomic E-state index is 13.9. The Morgan fingerprint density at radius 2 is 1.77 bits per heavy atom. The molecule has 5 N–H and O–H groups in total. The molecule has 0 radical (unpaired) electrons. The van der Waals surface area contributed by atoms with Crippen molar-refractivity contribution in [3.05, 3.63) is 64.2 Å². The summed E-state index contributed by atoms with van der Waals surface area (Å²) in [6.07, 6.45) is 3.42. The number of anilines is 1. The SMILES string of the molecule is CCN(CC)CCNC(=O)c1c(C)[nH]c2c1CCC/C2=C1/C(=O)Nc2ccc(F)cc21.O=C(O)/C=C/C(=O)O. The van der Waals surface area contributed by atoms with Crippen LogP contribution in [0.4, 0.5) is 10.1 Å². The normalized spacial score (nSPS) is 15.9. The molecule has 1 aliphatic heterocycles. The molecule has 11 heteroatoms. The van der Waals surface area contributed by atoms with Crippen molar-refractivity contribution < 1.29 is 33.8 Å². The van der Waals surface area contributed by atoms with Crippen molar-refractivity contribution in [2.75, 3.05) is 31.5 Å². The molecule has 1 aromatic carbocycles. The van der Waals surface area contributed by atoms with Gasteiger partial charge in [0.1, 0.15) is 5.82 Å². The summed E-state index contributed by atoms with van der Waals surface area (Å²) in [6.45, 7) is 9.40. The number of aryl methyl sites for hydroxylation is 1. The van der Waals surface area contributed by atoms with Gasteiger partial charge in [-0.15, -0.1) is 0 Å². The molecule has 0 saturated carbocycles. The number of halogens is 1. The first-order chi connectivity index (χ1) is 18.6. The van der Waals surface area contributed by atoms with Gasteiger partial charge in [0.2, 0.25) is 0 Å². The molecule has 4 rings (SSSR count). The highest BCUT2D eigenvalue weighted by atomic mass is 19.1. The maximum atomic E-state index is 13.9. The van der Waals surface area contributed by atoms with Crippen molar-refractivity contribution >= 4 is 40.6 Å². The summed E-state index contributed by atoms with van der Waals surface area (Å²) in [6, 6.07) is 4.34. The minimum Gasteiger partial charge on any atom is -0.478 e. The van der Waals surface area contributed by atoms with Crippen LogP contribution >= 0.6 is 0 Å². The van der Waals surface area contributed by atoms with Crippen LogP contribution in [0.25, 0.3) is 11.1 Å². The Morgan fingerprint density at radius 1 is 1.10 bits per heavy atom. The largest absolute Gasteiger partial charge is 0.478 e. The van der Waals surface area contributed by atoms with Crippen LogP contribution in [0.15, 0.2) is 30.4 Å². The Labute approximate surface area is 225 Å². The molecule has 2 aliphatic rings. The Morgan fingerprint density at radius 3 is 2.38 bits per heavy atom. The molecule has 0 fully saturated rings. The van der Waals surface area contributed by atoms with Crippen LogP contribution in [-0.2, 0) is 20.8 Å². The van der Waals surface area contributed by atoms with Crippen molar-refractivity contribution in [2.45, 2.75) is 40.0 Å². The van der Waals surface area contributed by atoms with E-state index >= 15 is 0 Å². The zero-order valence-electron chi connectivity index (χ0n) is 22.2. The Kier molecular flexibility index (Phi) is 9.78. The second-order valence-corrected chi connectivity index (χ2v) is 9.12. The van der Waals surface area contributed by atoms with Gasteiger partial charge in [0, 0.05) is 47.9 Å². The third-order valence-corrected chi connectivity index (χ3v) is 6.68. The summed E-state index contributed by atoms with van der Waals surface area (Å²) in [5.74, 6) is -3.20. The lowest BCUT2D eigenvalue weighted by atomic mass is 9.86. The summed E-state index contributed by atoms with van der Waals surface area (Å²) in [5.41, 5.74) is 5.82. The molecule has 10 nitrogen and oxygen atoms in total. The van der Waals surface area contributed by atoms with Gasteiger partial charge in [-0.2, -0.15) is 0 Å². The molecule has 1 aliphatic carbocycles. The number of hydrogen-bond acceptors (Lipinski definition) is 5. The summed E-state index contributed by atoms with van der Waals surface area (Å²) < 4.78 is 13.9. The molecular formula is C28H33FN4O6. The first-order valence-electron chi connectivity index (χ1n) is 12.8. The van der Waals surface area contributed by atoms with Gasteiger partial charge in [0.25, 0.3) is 11.8 Å². The zero-order chi connectivity index (χ0) is 28.7. The van der Waals surface area contributed by atoms with Crippen molar-refractivity contribution in [1.82, 2.24) is 15.2 Å². The monoisotopic (exact) mass is 540 g/mol. The van der Waals surface area contributed by atoms with Crippen LogP contribution in [0.5, 0.6) is 0 Å². The summed E-state index contributed by atoms with van der Waals surface area (Å²) in [4.78, 5) is 50.5. The molecular weight excluding hydrogens is 507 g/mol. The van der Waals surface area contributed by atoms with Crippen molar-refractivity contribution in [3.8, 4) is 0 Å². The Bertz CT molecular complexity index is 1320. The number of nitrogens with zero attached hydrogens (tertiary/aromatic N) is 1. The van der Waals surface area contributed by atoms with E-state index in [2.05, 4.69) is 34.4 Å². The van der Waals surface area contributed by atoms with Crippen molar-refractivity contribution in [3.63, 3.8) is 0 Å². The number of fused-ring (bicyclic) bond motifs is 2. The number of nitrogens with one attached hydrogen (secondary N) is 3. The third kappa shape index (κ3) is 6.99. The van der Waals surface area contributed by atoms with Crippen LogP contribution in [0.1, 0.15) is 59.6 Å². The lowest BCUT2D eigenvalue weighted by Crippen LogP contribution is -2.35. The van der Waals surface area contributed by atoms with Crippen LogP contribution < -0.4 is 10.6 Å². The second kappa shape index (κ2) is 13.0. The van der Waals surface area contributed by atoms with Crippen LogP contribution in [0.3, 0.4) is 0 Å². The van der Waals surface area contributed by atoms with E-state index in [0.29, 0.717) is 47.5 Å². The topological polar surface area (TPSA) is 152 Å². The molecule has 39 heavy (non-hydrogen) atoms. The third-order valence-electron chi connectivity index (χ3n) is 6.68. The van der Waals surface area contributed by atoms with Gasteiger partial charge in [0.05, 0.1) is 11.1 Å². The van der Waals surface area contributed by atoms with Crippen LogP contribution in [-0.4, -0.2) is 70.0 Å². The van der Waals surface area contributed by atoms with Gasteiger partial charge >= 0.3 is 11.9 Å². The van der Waals surface area contributed by atoms with Gasteiger partial charge in [-0.25, -0.2) is 14.0 Å². The summed E-state index contributed by atoms with van der Waals surface area (Å²) >= 11 is 0. The van der Waals surface area contributed by atoms with Crippen molar-refractivity contribution in [1.29, 1.82) is 0 Å². The number of carboxylic acid groups (broad SMARTS) is 2. The minimum absolute atomic E-state index is 0.0873. The van der Waals surface area contributed by atoms with E-state index in [9.17, 15) is 23.6 Å². The van der Waals surface area contributed by atoms with E-state index in [0.717, 1.165) is 55.0 Å². The number of allylic oxidation sites excluding steroid dienone is 1. The number of aliphatic carboxylic acids is 2. The highest BCUT2D eigenvalue weighted by molar-refractivity contribution is 6.37. The first-order valence-corrected chi connectivity index (χ1v) is 12.8. The zero-order valence-corrected chi connectivity index (χ0v) is 22.2. The maximum Gasteiger partial charge on any atom is 0.328 e. The van der Waals surface area contributed by atoms with E-state index in [4.69, 9.17) is 10.2 Å². The number of aromatic nitrogens is 1. The standard InChI is InChI=1S/C24H29FN4O2.C4H4O4/c1-4-29(5-2)12-11-26-23(30)20-14(3)27-22-16(20)7-6-8-17(22)21-18-13-15(25)9-10-19(18)28-24(21)31;5-3(6)1-2-4(7)8/h9-10,13,27H,4-8,11-12H2,1-3H3,(H,26,30)(H,28,31);1-2H,(H,5,6)(H,7,8)/b21-17-;2-1+. The molecule has 2 amide bonds. The van der Waals surface area contributed by atoms with Gasteiger partial charge in [-0.1, -0.05) is 13.8 Å². The number of carbonyl (C=O) groups is 4. The fourth-order valence-electron chi connectivity index (χ4n) is 4.85. The highest BCUT2D eigenvalue weighted by Gasteiger charge is 2.33. The number of likely N-dealkylation sites (N-methyl/N-ethyl adjacent to an activating group) is 1. The number of rotatable bonds is 8. The average Bonchev–Trinajstić information content (AvgIpc) is 3.40. The number of amides is 2. The molecule has 0 bridgehead atoms. The van der Waals surface area contributed by atoms with E-state index in [1.165, 1.54) is 12.1 Å². The molecule has 208 valence electrons. The van der Waals surface area contributed by atoms with Crippen molar-refractivity contribution in [2.24, 2.45) is 0 Å². The minimum atomic E-state index is -1.26. The molecule has 0 unspecified atom stereocenters. The Balaban J connectivity index is 0.000000459. The first kappa shape index (κ1) is 29.3. The molecule has 0 spiro atoms. The predicted molar refractivity (Wildman–Crippen MR) is 145 cm³/mol. The second-order valence-electron chi connectivity index (χ2n) is 9.12. The number of aromatic amines is 1. The highest BCUT2D eigenvalue weighted by Crippen LogP contribution is 2.43. The van der Waals surface area contributed by atoms with E-state index < -0.39 is 11.9 Å². The number of H-pyrrole nitrogens is 1. The van der Waals surface area contributed by atoms with Gasteiger partial charge in [0.15, 0.2) is 0 Å². The number of carbonyl (C=O) groups excluding carboxylic acids is 2. The summed E-state index contributed by atoms with van der Waals surface area (Å²) in [7, 11) is 0. The smallest absolute Gasteiger partial charge is 0.328 e. The van der Waals surface area contributed by atoms with Gasteiger partial charge < -0.3 is 30.7 Å². The van der Waals surface area contributed by atoms with Gasteiger partial charge in [-0.05, 0) is 68.6 Å². The molecule has 0 saturated heterocycles. The number of carboxylic acids is 2. The average molecular weight is 541 g/mol. The number of benzene rings is 1. The number of hydrogen-bond donors (Lipinski definition) is 5. The molecule has 1 aromatic heterocycles. The van der Waals surface area contributed by atoms with Crippen LogP contribution in [0, 0.1) is 12.7 Å². The van der Waals surface area contributed by atoms with E-state index in [-0.39, 0.29) is 17.6 Å². The predicted octanol–water partition coefficient (Wildman–Crippen LogP) is 3.44. The van der Waals surface area contributed by atoms with Crippen LogP contribution in [0.2, 0.25) is 0 Å². The Hall–Kier alpha value is -4.25. The fourth-order valence-corrected chi connectivity index (χ4v) is 4.85. The molecule has 2 aromatic rings. The van der Waals surface area contributed by atoms with E-state index in [1.54, 1.807) is 6.07 Å².